The molecule has 1 fully saturated rings. The van der Waals surface area contributed by atoms with Crippen molar-refractivity contribution in [1.82, 2.24) is 5.32 Å². The van der Waals surface area contributed by atoms with Crippen LogP contribution in [0, 0.1) is 0 Å². The van der Waals surface area contributed by atoms with E-state index in [4.69, 9.17) is 9.84 Å². The van der Waals surface area contributed by atoms with Gasteiger partial charge in [0.05, 0.1) is 12.0 Å². The zero-order chi connectivity index (χ0) is 11.5. The molecule has 1 rings (SSSR count). The second-order valence-electron chi connectivity index (χ2n) is 4.04. The number of carboxylic acids is 1. The third kappa shape index (κ3) is 2.92. The Morgan fingerprint density at radius 1 is 1.53 bits per heavy atom. The van der Waals surface area contributed by atoms with Crippen molar-refractivity contribution in [2.75, 3.05) is 7.11 Å². The Kier molecular flexibility index (Phi) is 3.68. The minimum atomic E-state index is -1.02. The van der Waals surface area contributed by atoms with Crippen molar-refractivity contribution in [2.45, 2.75) is 44.2 Å². The van der Waals surface area contributed by atoms with Crippen molar-refractivity contribution in [1.29, 1.82) is 0 Å². The zero-order valence-corrected chi connectivity index (χ0v) is 9.08. The van der Waals surface area contributed by atoms with Crippen molar-refractivity contribution in [2.24, 2.45) is 0 Å². The number of hydrogen-bond donors (Lipinski definition) is 2. The molecular formula is C10H17NO4. The van der Waals surface area contributed by atoms with E-state index in [1.165, 1.54) is 6.92 Å². The minimum absolute atomic E-state index is 0.251. The fraction of sp³-hybridized carbons (Fsp3) is 0.800. The number of carbonyl (C=O) groups is 2. The molecule has 1 atom stereocenters. The lowest BCUT2D eigenvalue weighted by Crippen LogP contribution is -2.46. The lowest BCUT2D eigenvalue weighted by atomic mass is 9.77. The maximum atomic E-state index is 11.5. The Bertz CT molecular complexity index is 255. The first-order valence-corrected chi connectivity index (χ1v) is 5.06. The Hall–Kier alpha value is -1.10. The van der Waals surface area contributed by atoms with Gasteiger partial charge >= 0.3 is 5.97 Å². The van der Waals surface area contributed by atoms with E-state index in [1.807, 2.05) is 0 Å². The average molecular weight is 215 g/mol. The molecule has 1 amide bonds. The highest BCUT2D eigenvalue weighted by atomic mass is 16.5. The van der Waals surface area contributed by atoms with Crippen molar-refractivity contribution in [3.63, 3.8) is 0 Å². The Morgan fingerprint density at radius 3 is 2.47 bits per heavy atom. The minimum Gasteiger partial charge on any atom is -0.480 e. The van der Waals surface area contributed by atoms with Crippen LogP contribution in [0.4, 0.5) is 0 Å². The van der Waals surface area contributed by atoms with Crippen LogP contribution in [0.1, 0.15) is 32.6 Å². The molecule has 5 nitrogen and oxygen atoms in total. The highest BCUT2D eigenvalue weighted by Gasteiger charge is 2.39. The predicted octanol–water partition coefficient (Wildman–Crippen LogP) is 0.535. The van der Waals surface area contributed by atoms with Gasteiger partial charge in [0.1, 0.15) is 6.04 Å². The van der Waals surface area contributed by atoms with E-state index >= 15 is 0 Å². The van der Waals surface area contributed by atoms with Crippen LogP contribution < -0.4 is 5.32 Å². The number of aliphatic carboxylic acids is 1. The number of rotatable bonds is 5. The molecule has 1 aliphatic rings. The summed E-state index contributed by atoms with van der Waals surface area (Å²) < 4.78 is 5.28. The lowest BCUT2D eigenvalue weighted by Gasteiger charge is -2.40. The summed E-state index contributed by atoms with van der Waals surface area (Å²) >= 11 is 0. The van der Waals surface area contributed by atoms with Crippen LogP contribution >= 0.6 is 0 Å². The van der Waals surface area contributed by atoms with E-state index in [1.54, 1.807) is 7.11 Å². The molecule has 0 spiro atoms. The van der Waals surface area contributed by atoms with Gasteiger partial charge in [0, 0.05) is 7.11 Å². The van der Waals surface area contributed by atoms with E-state index < -0.39 is 12.0 Å². The number of carboxylic acid groups (broad SMARTS) is 1. The van der Waals surface area contributed by atoms with Gasteiger partial charge in [-0.2, -0.15) is 0 Å². The van der Waals surface area contributed by atoms with Gasteiger partial charge in [-0.25, -0.2) is 0 Å². The largest absolute Gasteiger partial charge is 0.480 e. The Morgan fingerprint density at radius 2 is 2.13 bits per heavy atom. The summed E-state index contributed by atoms with van der Waals surface area (Å²) in [6.07, 6.45) is 3.06. The van der Waals surface area contributed by atoms with E-state index in [2.05, 4.69) is 5.32 Å². The molecule has 1 saturated carbocycles. The van der Waals surface area contributed by atoms with Crippen molar-refractivity contribution >= 4 is 11.9 Å². The molecule has 0 aromatic rings. The molecule has 15 heavy (non-hydrogen) atoms. The number of amides is 1. The predicted molar refractivity (Wildman–Crippen MR) is 53.4 cm³/mol. The molecule has 0 bridgehead atoms. The third-order valence-electron chi connectivity index (χ3n) is 2.93. The van der Waals surface area contributed by atoms with Crippen molar-refractivity contribution < 1.29 is 19.4 Å². The second-order valence-corrected chi connectivity index (χ2v) is 4.04. The van der Waals surface area contributed by atoms with Gasteiger partial charge < -0.3 is 15.2 Å². The molecule has 0 aromatic heterocycles. The molecule has 0 saturated heterocycles. The molecule has 0 heterocycles. The van der Waals surface area contributed by atoms with Crippen molar-refractivity contribution in [3.8, 4) is 0 Å². The molecular weight excluding hydrogens is 198 g/mol. The van der Waals surface area contributed by atoms with Crippen LogP contribution in [0.5, 0.6) is 0 Å². The number of nitrogens with one attached hydrogen (secondary N) is 1. The fourth-order valence-corrected chi connectivity index (χ4v) is 1.67. The first kappa shape index (κ1) is 12.0. The number of methoxy groups -OCH3 is 1. The normalized spacial score (nSPS) is 20.1. The Balaban J connectivity index is 2.38. The molecule has 0 radical (unpaired) electrons. The maximum Gasteiger partial charge on any atom is 0.325 e. The number of carbonyl (C=O) groups excluding carboxylic acids is 1. The van der Waals surface area contributed by atoms with Gasteiger partial charge in [-0.1, -0.05) is 0 Å². The summed E-state index contributed by atoms with van der Waals surface area (Å²) in [7, 11) is 1.59. The lowest BCUT2D eigenvalue weighted by molar-refractivity contribution is -0.144. The van der Waals surface area contributed by atoms with Gasteiger partial charge in [0.2, 0.25) is 5.91 Å². The zero-order valence-electron chi connectivity index (χ0n) is 9.08. The molecule has 0 unspecified atom stereocenters. The summed E-state index contributed by atoms with van der Waals surface area (Å²) in [4.78, 5) is 22.0. The SMILES string of the molecule is COC1(CC(=O)N[C@@H](C)C(=O)O)CCC1. The van der Waals surface area contributed by atoms with Crippen LogP contribution in [-0.4, -0.2) is 35.7 Å². The smallest absolute Gasteiger partial charge is 0.325 e. The molecule has 0 aromatic carbocycles. The summed E-state index contributed by atoms with van der Waals surface area (Å²) in [5, 5.41) is 11.0. The standard InChI is InChI=1S/C10H17NO4/c1-7(9(13)14)11-8(12)6-10(15-2)4-3-5-10/h7H,3-6H2,1-2H3,(H,11,12)(H,13,14)/t7-/m0/s1. The summed E-state index contributed by atoms with van der Waals surface area (Å²) in [6, 6.07) is -0.841. The maximum absolute atomic E-state index is 11.5. The van der Waals surface area contributed by atoms with Crippen LogP contribution in [0.2, 0.25) is 0 Å². The van der Waals surface area contributed by atoms with Crippen LogP contribution in [0.15, 0.2) is 0 Å². The quantitative estimate of drug-likeness (QED) is 0.701. The molecule has 2 N–H and O–H groups in total. The van der Waals surface area contributed by atoms with Gasteiger partial charge in [0.15, 0.2) is 0 Å². The first-order valence-electron chi connectivity index (χ1n) is 5.06. The molecule has 86 valence electrons. The van der Waals surface area contributed by atoms with E-state index in [0.29, 0.717) is 0 Å². The van der Waals surface area contributed by atoms with Gasteiger partial charge in [-0.15, -0.1) is 0 Å². The van der Waals surface area contributed by atoms with Crippen LogP contribution in [0.3, 0.4) is 0 Å². The Labute approximate surface area is 88.8 Å². The van der Waals surface area contributed by atoms with Crippen molar-refractivity contribution in [3.05, 3.63) is 0 Å². The van der Waals surface area contributed by atoms with Gasteiger partial charge in [0.25, 0.3) is 0 Å². The summed E-state index contributed by atoms with van der Waals surface area (Å²) in [6.45, 7) is 1.44. The molecule has 0 aliphatic heterocycles. The first-order chi connectivity index (χ1) is 6.99. The topological polar surface area (TPSA) is 75.6 Å². The monoisotopic (exact) mass is 215 g/mol. The van der Waals surface area contributed by atoms with Gasteiger partial charge in [-0.05, 0) is 26.2 Å². The second kappa shape index (κ2) is 4.61. The fourth-order valence-electron chi connectivity index (χ4n) is 1.67. The van der Waals surface area contributed by atoms with Gasteiger partial charge in [-0.3, -0.25) is 9.59 Å². The van der Waals surface area contributed by atoms with E-state index in [-0.39, 0.29) is 17.9 Å². The van der Waals surface area contributed by atoms with Crippen LogP contribution in [-0.2, 0) is 14.3 Å². The van der Waals surface area contributed by atoms with Crippen LogP contribution in [0.25, 0.3) is 0 Å². The summed E-state index contributed by atoms with van der Waals surface area (Å²) in [5.74, 6) is -1.28. The molecule has 5 heteroatoms. The number of hydrogen-bond acceptors (Lipinski definition) is 3. The highest BCUT2D eigenvalue weighted by molar-refractivity contribution is 5.83. The van der Waals surface area contributed by atoms with E-state index in [0.717, 1.165) is 19.3 Å². The average Bonchev–Trinajstić information content (AvgIpc) is 2.11. The molecule has 1 aliphatic carbocycles. The summed E-state index contributed by atoms with van der Waals surface area (Å²) in [5.41, 5.74) is -0.345. The number of ether oxygens (including phenoxy) is 1. The van der Waals surface area contributed by atoms with E-state index in [9.17, 15) is 9.59 Å². The highest BCUT2D eigenvalue weighted by Crippen LogP contribution is 2.37. The third-order valence-corrected chi connectivity index (χ3v) is 2.93.